The fraction of sp³-hybridized carbons (Fsp3) is 0.443. The molecule has 0 spiro atoms. The van der Waals surface area contributed by atoms with Gasteiger partial charge in [-0.3, -0.25) is 9.59 Å². The van der Waals surface area contributed by atoms with Crippen molar-refractivity contribution < 1.29 is 33.3 Å². The molecule has 6 aromatic rings. The molecule has 10 nitrogen and oxygen atoms in total. The molecule has 0 N–H and O–H groups in total. The molecule has 0 radical (unpaired) electrons. The maximum Gasteiger partial charge on any atom is 0.253 e. The molecule has 0 bridgehead atoms. The third-order valence-corrected chi connectivity index (χ3v) is 21.4. The number of para-hydroxylation sites is 1. The summed E-state index contributed by atoms with van der Waals surface area (Å²) in [5.41, 5.74) is 6.94. The number of rotatable bonds is 16. The summed E-state index contributed by atoms with van der Waals surface area (Å²) in [7, 11) is 0. The predicted octanol–water partition coefficient (Wildman–Crippen LogP) is 13.2. The number of hydrogen-bond donors (Lipinski definition) is 0. The Labute approximate surface area is 498 Å². The van der Waals surface area contributed by atoms with Gasteiger partial charge in [-0.05, 0) is 99.1 Å². The van der Waals surface area contributed by atoms with Crippen molar-refractivity contribution in [3.63, 3.8) is 0 Å². The minimum absolute atomic E-state index is 0.0396. The van der Waals surface area contributed by atoms with Crippen molar-refractivity contribution in [1.82, 2.24) is 14.7 Å². The van der Waals surface area contributed by atoms with E-state index in [-0.39, 0.29) is 34.0 Å². The average Bonchev–Trinajstić information content (AvgIpc) is 4.37. The van der Waals surface area contributed by atoms with Crippen LogP contribution >= 0.6 is 11.8 Å². The first-order chi connectivity index (χ1) is 40.0. The van der Waals surface area contributed by atoms with Crippen LogP contribution in [0, 0.1) is 0 Å². The zero-order valence-electron chi connectivity index (χ0n) is 48.5. The predicted molar refractivity (Wildman–Crippen MR) is 332 cm³/mol. The van der Waals surface area contributed by atoms with E-state index in [1.54, 1.807) is 0 Å². The maximum atomic E-state index is 13.0. The number of fused-ring (bicyclic) bond motifs is 3. The van der Waals surface area contributed by atoms with E-state index in [9.17, 15) is 14.4 Å². The van der Waals surface area contributed by atoms with Crippen molar-refractivity contribution in [1.29, 1.82) is 0 Å². The standard InChI is InChI=1S/C28H29NO3.C22H25NO2Se.C20H29NO2S/c30-27(29-16-8-3-9-17-29)23-14-15-25-26(18-23)32-21-28(25,19-22-10-4-1-5-11-22)20-31-24-12-6-2-7-13-24;1-22(16-26-18-8-4-2-5-9-18)15-25-20-14-17(10-11-19(20)22)21(24)23-12-6-3-7-13-23;1-3-4-12-24-15-20(2)14-23-18-13-16(8-9-17(18)20)19(22)21-10-6-5-7-11-21/h1-2,4-7,10-15,18H,3,8-9,16-17,19-21H2;2,4-5,8-11,14H,3,6-7,12-13,15-16H2,1H3;8-9,13H,3-7,10-12,14-15H2,1-2H3. The Balaban J connectivity index is 0.000000139. The van der Waals surface area contributed by atoms with E-state index in [4.69, 9.17) is 18.9 Å². The van der Waals surface area contributed by atoms with Crippen LogP contribution in [0.5, 0.6) is 23.0 Å². The Morgan fingerprint density at radius 3 is 1.48 bits per heavy atom. The average molecular weight is 1190 g/mol. The van der Waals surface area contributed by atoms with Gasteiger partial charge in [0.15, 0.2) is 0 Å². The van der Waals surface area contributed by atoms with Gasteiger partial charge in [-0.2, -0.15) is 11.8 Å². The molecule has 6 aliphatic rings. The summed E-state index contributed by atoms with van der Waals surface area (Å²) < 4.78 is 25.9. The molecule has 6 heterocycles. The zero-order valence-corrected chi connectivity index (χ0v) is 51.1. The molecule has 82 heavy (non-hydrogen) atoms. The van der Waals surface area contributed by atoms with Crippen LogP contribution in [0.3, 0.4) is 0 Å². The van der Waals surface area contributed by atoms with Crippen molar-refractivity contribution >= 4 is 48.9 Å². The number of amides is 3. The van der Waals surface area contributed by atoms with Gasteiger partial charge in [0.2, 0.25) is 0 Å². The second kappa shape index (κ2) is 27.9. The number of carbonyl (C=O) groups is 3. The van der Waals surface area contributed by atoms with E-state index in [0.29, 0.717) is 40.3 Å². The van der Waals surface area contributed by atoms with E-state index >= 15 is 0 Å². The molecule has 12 heteroatoms. The van der Waals surface area contributed by atoms with Crippen LogP contribution in [0.4, 0.5) is 0 Å². The normalized spacial score (nSPS) is 21.4. The zero-order chi connectivity index (χ0) is 56.8. The number of carbonyl (C=O) groups excluding carboxylic acids is 3. The molecule has 12 rings (SSSR count). The van der Waals surface area contributed by atoms with Gasteiger partial charge in [0.05, 0.1) is 12.0 Å². The van der Waals surface area contributed by atoms with E-state index in [1.807, 2.05) is 99.3 Å². The molecule has 3 fully saturated rings. The molecule has 6 aliphatic heterocycles. The van der Waals surface area contributed by atoms with Crippen LogP contribution < -0.4 is 23.4 Å². The number of benzene rings is 6. The van der Waals surface area contributed by atoms with Crippen molar-refractivity contribution in [3.05, 3.63) is 185 Å². The number of hydrogen-bond acceptors (Lipinski definition) is 8. The fourth-order valence-electron chi connectivity index (χ4n) is 12.1. The SMILES string of the molecule is CC1(C[Se]c2ccccc2)COc2cc(C(=O)N3CCCCC3)ccc21.CCCCSCC1(C)COc2cc(C(=O)N3CCCCC3)ccc21.O=C(c1ccc2c(c1)OCC2(COc1ccccc1)Cc1ccccc1)N1CCCCC1. The molecule has 3 amide bonds. The van der Waals surface area contributed by atoms with Crippen LogP contribution in [0.25, 0.3) is 0 Å². The van der Waals surface area contributed by atoms with Crippen LogP contribution in [-0.2, 0) is 22.7 Å². The molecule has 3 atom stereocenters. The summed E-state index contributed by atoms with van der Waals surface area (Å²) >= 11 is 2.44. The first kappa shape index (κ1) is 59.0. The van der Waals surface area contributed by atoms with Gasteiger partial charge < -0.3 is 24.0 Å². The van der Waals surface area contributed by atoms with Crippen LogP contribution in [0.15, 0.2) is 146 Å². The number of ether oxygens (including phenoxy) is 4. The third-order valence-electron chi connectivity index (χ3n) is 17.1. The number of likely N-dealkylation sites (tertiary alicyclic amines) is 3. The monoisotopic (exact) mass is 1190 g/mol. The van der Waals surface area contributed by atoms with E-state index < -0.39 is 0 Å². The minimum Gasteiger partial charge on any atom is -0.493 e. The van der Waals surface area contributed by atoms with Crippen molar-refractivity contribution in [3.8, 4) is 23.0 Å². The second-order valence-electron chi connectivity index (χ2n) is 23.7. The third kappa shape index (κ3) is 14.4. The molecule has 3 unspecified atom stereocenters. The molecule has 0 saturated carbocycles. The van der Waals surface area contributed by atoms with Crippen LogP contribution in [0.1, 0.15) is 145 Å². The summed E-state index contributed by atoms with van der Waals surface area (Å²) in [6.45, 7) is 14.5. The molecular formula is C70H83N3O7SSe. The van der Waals surface area contributed by atoms with Gasteiger partial charge in [0.25, 0.3) is 11.8 Å². The van der Waals surface area contributed by atoms with Gasteiger partial charge >= 0.3 is 162 Å². The smallest absolute Gasteiger partial charge is 0.253 e. The summed E-state index contributed by atoms with van der Waals surface area (Å²) in [6.07, 6.45) is 13.7. The van der Waals surface area contributed by atoms with Crippen LogP contribution in [0.2, 0.25) is 5.32 Å². The van der Waals surface area contributed by atoms with Crippen molar-refractivity contribution in [2.45, 2.75) is 119 Å². The Morgan fingerprint density at radius 1 is 0.524 bits per heavy atom. The van der Waals surface area contributed by atoms with Crippen molar-refractivity contribution in [2.75, 3.05) is 77.2 Å². The Kier molecular flexibility index (Phi) is 20.1. The minimum atomic E-state index is -0.306. The fourth-order valence-corrected chi connectivity index (χ4v) is 15.7. The Bertz CT molecular complexity index is 3070. The summed E-state index contributed by atoms with van der Waals surface area (Å²) in [5, 5.41) is 1.11. The van der Waals surface area contributed by atoms with E-state index in [1.165, 1.54) is 59.0 Å². The molecule has 3 saturated heterocycles. The largest absolute Gasteiger partial charge is 0.493 e. The molecule has 0 aliphatic carbocycles. The second-order valence-corrected chi connectivity index (χ2v) is 27.0. The molecule has 432 valence electrons. The maximum absolute atomic E-state index is 13.0. The van der Waals surface area contributed by atoms with E-state index in [2.05, 4.69) is 93.6 Å². The molecule has 0 aromatic heterocycles. The quantitative estimate of drug-likeness (QED) is 0.0698. The van der Waals surface area contributed by atoms with Gasteiger partial charge in [0, 0.05) is 59.6 Å². The number of unbranched alkanes of at least 4 members (excludes halogenated alkanes) is 1. The van der Waals surface area contributed by atoms with E-state index in [0.717, 1.165) is 142 Å². The number of thioether (sulfide) groups is 1. The summed E-state index contributed by atoms with van der Waals surface area (Å²) in [5.74, 6) is 6.19. The summed E-state index contributed by atoms with van der Waals surface area (Å²) in [6, 6.07) is 49.2. The summed E-state index contributed by atoms with van der Waals surface area (Å²) in [4.78, 5) is 44.4. The number of nitrogens with zero attached hydrogens (tertiary/aromatic N) is 3. The Morgan fingerprint density at radius 2 is 0.963 bits per heavy atom. The van der Waals surface area contributed by atoms with Crippen molar-refractivity contribution in [2.24, 2.45) is 0 Å². The Hall–Kier alpha value is -6.20. The first-order valence-corrected chi connectivity index (χ1v) is 33.4. The first-order valence-electron chi connectivity index (χ1n) is 30.2. The van der Waals surface area contributed by atoms with Crippen LogP contribution in [-0.4, -0.2) is 125 Å². The van der Waals surface area contributed by atoms with Gasteiger partial charge in [-0.25, -0.2) is 0 Å². The van der Waals surface area contributed by atoms with Gasteiger partial charge in [-0.15, -0.1) is 0 Å². The van der Waals surface area contributed by atoms with Gasteiger partial charge in [0.1, 0.15) is 30.5 Å². The molecular weight excluding hydrogens is 1110 g/mol. The topological polar surface area (TPSA) is 97.9 Å². The molecule has 6 aromatic carbocycles. The van der Waals surface area contributed by atoms with Gasteiger partial charge in [-0.1, -0.05) is 80.9 Å². The number of piperidine rings is 3.